The molecule has 2 aliphatic rings. The predicted molar refractivity (Wildman–Crippen MR) is 62.7 cm³/mol. The van der Waals surface area contributed by atoms with Crippen molar-refractivity contribution in [3.05, 3.63) is 29.3 Å². The fourth-order valence-electron chi connectivity index (χ4n) is 2.58. The number of ether oxygens (including phenoxy) is 2. The van der Waals surface area contributed by atoms with Crippen LogP contribution in [0.15, 0.2) is 18.2 Å². The second-order valence-corrected chi connectivity index (χ2v) is 4.70. The van der Waals surface area contributed by atoms with E-state index in [1.54, 1.807) is 0 Å². The Labute approximate surface area is 96.6 Å². The Morgan fingerprint density at radius 3 is 2.88 bits per heavy atom. The minimum Gasteiger partial charge on any atom is -0.465 e. The Morgan fingerprint density at radius 2 is 2.00 bits per heavy atom. The lowest BCUT2D eigenvalue weighted by atomic mass is 10.1. The van der Waals surface area contributed by atoms with Gasteiger partial charge >= 0.3 is 0 Å². The van der Waals surface area contributed by atoms with Crippen molar-refractivity contribution in [3.63, 3.8) is 0 Å². The topological polar surface area (TPSA) is 18.5 Å². The minimum atomic E-state index is -0.0202. The fourth-order valence-corrected chi connectivity index (χ4v) is 2.58. The molecule has 0 aromatic heterocycles. The molecule has 0 radical (unpaired) electrons. The summed E-state index contributed by atoms with van der Waals surface area (Å²) in [5.74, 6) is 0.979. The zero-order valence-corrected chi connectivity index (χ0v) is 9.58. The number of aryl methyl sites for hydroxylation is 2. The third-order valence-corrected chi connectivity index (χ3v) is 3.48. The molecule has 0 saturated carbocycles. The number of benzene rings is 1. The molecular formula is C14H18O2. The third kappa shape index (κ3) is 2.07. The summed E-state index contributed by atoms with van der Waals surface area (Å²) in [6.07, 6.45) is 7.12. The van der Waals surface area contributed by atoms with E-state index in [1.165, 1.54) is 43.2 Å². The highest BCUT2D eigenvalue weighted by molar-refractivity contribution is 5.38. The first-order valence-corrected chi connectivity index (χ1v) is 6.32. The quantitative estimate of drug-likeness (QED) is 0.759. The van der Waals surface area contributed by atoms with Crippen molar-refractivity contribution in [3.8, 4) is 5.75 Å². The van der Waals surface area contributed by atoms with Gasteiger partial charge in [-0.05, 0) is 55.4 Å². The van der Waals surface area contributed by atoms with Crippen molar-refractivity contribution in [1.82, 2.24) is 0 Å². The number of fused-ring (bicyclic) bond motifs is 1. The standard InChI is InChI=1S/C14H18O2/c1-2-9-15-14(6-1)16-13-8-7-11-4-3-5-12(11)10-13/h7-8,10,14H,1-6,9H2. The minimum absolute atomic E-state index is 0.0202. The average Bonchev–Trinajstić information content (AvgIpc) is 2.77. The van der Waals surface area contributed by atoms with Gasteiger partial charge in [0.05, 0.1) is 6.61 Å². The summed E-state index contributed by atoms with van der Waals surface area (Å²) < 4.78 is 11.4. The van der Waals surface area contributed by atoms with E-state index in [4.69, 9.17) is 9.47 Å². The highest BCUT2D eigenvalue weighted by Gasteiger charge is 2.17. The molecule has 0 amide bonds. The summed E-state index contributed by atoms with van der Waals surface area (Å²) in [5.41, 5.74) is 2.96. The normalized spacial score (nSPS) is 24.1. The monoisotopic (exact) mass is 218 g/mol. The Balaban J connectivity index is 1.69. The van der Waals surface area contributed by atoms with E-state index in [-0.39, 0.29) is 6.29 Å². The zero-order chi connectivity index (χ0) is 10.8. The van der Waals surface area contributed by atoms with Crippen LogP contribution in [-0.4, -0.2) is 12.9 Å². The molecule has 86 valence electrons. The first kappa shape index (κ1) is 10.2. The van der Waals surface area contributed by atoms with Crippen LogP contribution in [0.4, 0.5) is 0 Å². The highest BCUT2D eigenvalue weighted by Crippen LogP contribution is 2.27. The van der Waals surface area contributed by atoms with Crippen LogP contribution in [0.3, 0.4) is 0 Å². The molecule has 0 spiro atoms. The van der Waals surface area contributed by atoms with Gasteiger partial charge in [-0.1, -0.05) is 6.07 Å². The molecular weight excluding hydrogens is 200 g/mol. The molecule has 1 aliphatic carbocycles. The van der Waals surface area contributed by atoms with Crippen molar-refractivity contribution < 1.29 is 9.47 Å². The molecule has 1 unspecified atom stereocenters. The van der Waals surface area contributed by atoms with Gasteiger partial charge in [0.15, 0.2) is 6.29 Å². The fraction of sp³-hybridized carbons (Fsp3) is 0.571. The van der Waals surface area contributed by atoms with Crippen LogP contribution in [0.2, 0.25) is 0 Å². The second kappa shape index (κ2) is 4.46. The molecule has 0 N–H and O–H groups in total. The van der Waals surface area contributed by atoms with E-state index in [1.807, 2.05) is 0 Å². The Bertz CT molecular complexity index is 367. The molecule has 2 nitrogen and oxygen atoms in total. The summed E-state index contributed by atoms with van der Waals surface area (Å²) in [5, 5.41) is 0. The van der Waals surface area contributed by atoms with E-state index in [9.17, 15) is 0 Å². The van der Waals surface area contributed by atoms with Gasteiger partial charge < -0.3 is 9.47 Å². The van der Waals surface area contributed by atoms with Crippen LogP contribution in [0, 0.1) is 0 Å². The van der Waals surface area contributed by atoms with Gasteiger partial charge in [0.25, 0.3) is 0 Å². The molecule has 1 atom stereocenters. The molecule has 2 heteroatoms. The van der Waals surface area contributed by atoms with Crippen molar-refractivity contribution >= 4 is 0 Å². The van der Waals surface area contributed by atoms with Gasteiger partial charge in [-0.2, -0.15) is 0 Å². The first-order chi connectivity index (χ1) is 7.92. The van der Waals surface area contributed by atoms with Crippen molar-refractivity contribution in [2.45, 2.75) is 44.8 Å². The van der Waals surface area contributed by atoms with Gasteiger partial charge in [0, 0.05) is 6.42 Å². The van der Waals surface area contributed by atoms with E-state index >= 15 is 0 Å². The maximum atomic E-state index is 5.86. The highest BCUT2D eigenvalue weighted by atomic mass is 16.7. The van der Waals surface area contributed by atoms with Gasteiger partial charge in [0.2, 0.25) is 0 Å². The summed E-state index contributed by atoms with van der Waals surface area (Å²) in [4.78, 5) is 0. The Kier molecular flexibility index (Phi) is 2.83. The lowest BCUT2D eigenvalue weighted by molar-refractivity contribution is -0.105. The lowest BCUT2D eigenvalue weighted by Gasteiger charge is -2.23. The molecule has 1 aliphatic heterocycles. The predicted octanol–water partition coefficient (Wildman–Crippen LogP) is 3.08. The number of hydrogen-bond acceptors (Lipinski definition) is 2. The molecule has 1 heterocycles. The van der Waals surface area contributed by atoms with E-state index in [0.29, 0.717) is 0 Å². The van der Waals surface area contributed by atoms with Gasteiger partial charge in [-0.25, -0.2) is 0 Å². The zero-order valence-electron chi connectivity index (χ0n) is 9.58. The van der Waals surface area contributed by atoms with Crippen molar-refractivity contribution in [2.75, 3.05) is 6.61 Å². The average molecular weight is 218 g/mol. The summed E-state index contributed by atoms with van der Waals surface area (Å²) in [7, 11) is 0. The van der Waals surface area contributed by atoms with Crippen molar-refractivity contribution in [1.29, 1.82) is 0 Å². The van der Waals surface area contributed by atoms with Crippen LogP contribution in [0.1, 0.15) is 36.8 Å². The number of rotatable bonds is 2. The first-order valence-electron chi connectivity index (χ1n) is 6.32. The summed E-state index contributed by atoms with van der Waals surface area (Å²) in [6.45, 7) is 0.843. The number of hydrogen-bond donors (Lipinski definition) is 0. The maximum Gasteiger partial charge on any atom is 0.199 e. The van der Waals surface area contributed by atoms with E-state index in [2.05, 4.69) is 18.2 Å². The van der Waals surface area contributed by atoms with Crippen LogP contribution >= 0.6 is 0 Å². The maximum absolute atomic E-state index is 5.86. The van der Waals surface area contributed by atoms with Crippen LogP contribution in [-0.2, 0) is 17.6 Å². The SMILES string of the molecule is c1cc2c(cc1OC1CCCCO1)CCC2. The molecule has 1 aromatic carbocycles. The van der Waals surface area contributed by atoms with E-state index in [0.717, 1.165) is 18.8 Å². The van der Waals surface area contributed by atoms with Crippen LogP contribution < -0.4 is 4.74 Å². The molecule has 1 aromatic rings. The van der Waals surface area contributed by atoms with Gasteiger partial charge in [-0.3, -0.25) is 0 Å². The summed E-state index contributed by atoms with van der Waals surface area (Å²) in [6, 6.07) is 6.49. The molecule has 0 bridgehead atoms. The molecule has 1 saturated heterocycles. The smallest absolute Gasteiger partial charge is 0.199 e. The molecule has 3 rings (SSSR count). The van der Waals surface area contributed by atoms with Gasteiger partial charge in [-0.15, -0.1) is 0 Å². The molecule has 16 heavy (non-hydrogen) atoms. The van der Waals surface area contributed by atoms with Crippen LogP contribution in [0.5, 0.6) is 5.75 Å². The molecule has 1 fully saturated rings. The largest absolute Gasteiger partial charge is 0.465 e. The van der Waals surface area contributed by atoms with Gasteiger partial charge in [0.1, 0.15) is 5.75 Å². The lowest BCUT2D eigenvalue weighted by Crippen LogP contribution is -2.24. The Hall–Kier alpha value is -1.02. The second-order valence-electron chi connectivity index (χ2n) is 4.70. The third-order valence-electron chi connectivity index (χ3n) is 3.48. The summed E-state index contributed by atoms with van der Waals surface area (Å²) >= 11 is 0. The van der Waals surface area contributed by atoms with Crippen LogP contribution in [0.25, 0.3) is 0 Å². The van der Waals surface area contributed by atoms with E-state index < -0.39 is 0 Å². The Morgan fingerprint density at radius 1 is 1.06 bits per heavy atom. The van der Waals surface area contributed by atoms with Crippen molar-refractivity contribution in [2.24, 2.45) is 0 Å².